The number of nitrogens with two attached hydrogens (primary N) is 1. The number of nitrogens with zero attached hydrogens (tertiary/aromatic N) is 4. The SMILES string of the molecule is Cc1ccc(-n2nnnc2-c2cccc(Cl)c2N)cc1Br. The second kappa shape index (κ2) is 5.46. The first-order chi connectivity index (χ1) is 10.1. The lowest BCUT2D eigenvalue weighted by molar-refractivity contribution is 0.790. The number of tetrazole rings is 1. The van der Waals surface area contributed by atoms with Gasteiger partial charge in [-0.3, -0.25) is 0 Å². The Balaban J connectivity index is 2.17. The molecular formula is C14H11BrClN5. The quantitative estimate of drug-likeness (QED) is 0.705. The Hall–Kier alpha value is -1.92. The normalized spacial score (nSPS) is 10.8. The Kier molecular flexibility index (Phi) is 3.65. The molecule has 0 atom stereocenters. The van der Waals surface area contributed by atoms with Crippen LogP contribution in [0.15, 0.2) is 40.9 Å². The number of aromatic nitrogens is 4. The number of rotatable bonds is 2. The van der Waals surface area contributed by atoms with Crippen LogP contribution in [0.4, 0.5) is 5.69 Å². The van der Waals surface area contributed by atoms with Gasteiger partial charge in [0.05, 0.1) is 16.4 Å². The van der Waals surface area contributed by atoms with Crippen molar-refractivity contribution >= 4 is 33.2 Å². The summed E-state index contributed by atoms with van der Waals surface area (Å²) in [5.74, 6) is 0.547. The standard InChI is InChI=1S/C14H11BrClN5/c1-8-5-6-9(7-11(8)15)21-14(18-19-20-21)10-3-2-4-12(16)13(10)17/h2-7H,17H2,1H3. The maximum atomic E-state index is 6.06. The molecule has 0 amide bonds. The Morgan fingerprint density at radius 3 is 2.81 bits per heavy atom. The zero-order chi connectivity index (χ0) is 15.0. The highest BCUT2D eigenvalue weighted by Crippen LogP contribution is 2.31. The minimum atomic E-state index is 0.460. The van der Waals surface area contributed by atoms with Gasteiger partial charge in [-0.15, -0.1) is 5.10 Å². The van der Waals surface area contributed by atoms with Crippen LogP contribution in [0.5, 0.6) is 0 Å². The summed E-state index contributed by atoms with van der Waals surface area (Å²) in [4.78, 5) is 0. The molecule has 3 aromatic rings. The van der Waals surface area contributed by atoms with Gasteiger partial charge >= 0.3 is 0 Å². The molecular weight excluding hydrogens is 354 g/mol. The van der Waals surface area contributed by atoms with Crippen molar-refractivity contribution in [3.05, 3.63) is 51.5 Å². The van der Waals surface area contributed by atoms with E-state index in [4.69, 9.17) is 17.3 Å². The number of nitrogen functional groups attached to an aromatic ring is 1. The molecule has 1 aromatic heterocycles. The molecule has 0 spiro atoms. The van der Waals surface area contributed by atoms with E-state index < -0.39 is 0 Å². The van der Waals surface area contributed by atoms with Gasteiger partial charge < -0.3 is 5.73 Å². The Morgan fingerprint density at radius 2 is 2.05 bits per heavy atom. The van der Waals surface area contributed by atoms with Crippen LogP contribution >= 0.6 is 27.5 Å². The van der Waals surface area contributed by atoms with E-state index in [1.807, 2.05) is 37.3 Å². The summed E-state index contributed by atoms with van der Waals surface area (Å²) >= 11 is 9.58. The first kappa shape index (κ1) is 14.0. The monoisotopic (exact) mass is 363 g/mol. The third-order valence-corrected chi connectivity index (χ3v) is 4.35. The zero-order valence-corrected chi connectivity index (χ0v) is 13.4. The van der Waals surface area contributed by atoms with Crippen LogP contribution in [0.25, 0.3) is 17.1 Å². The van der Waals surface area contributed by atoms with E-state index in [1.165, 1.54) is 0 Å². The van der Waals surface area contributed by atoms with Crippen molar-refractivity contribution in [2.24, 2.45) is 0 Å². The van der Waals surface area contributed by atoms with Crippen molar-refractivity contribution in [2.75, 3.05) is 5.73 Å². The molecule has 0 bridgehead atoms. The Bertz CT molecular complexity index is 815. The van der Waals surface area contributed by atoms with Crippen molar-refractivity contribution in [2.45, 2.75) is 6.92 Å². The van der Waals surface area contributed by atoms with Gasteiger partial charge in [0.2, 0.25) is 0 Å². The first-order valence-electron chi connectivity index (χ1n) is 6.17. The highest BCUT2D eigenvalue weighted by atomic mass is 79.9. The second-order valence-corrected chi connectivity index (χ2v) is 5.81. The molecule has 5 nitrogen and oxygen atoms in total. The fraction of sp³-hybridized carbons (Fsp3) is 0.0714. The van der Waals surface area contributed by atoms with Crippen molar-refractivity contribution in [1.29, 1.82) is 0 Å². The second-order valence-electron chi connectivity index (χ2n) is 4.55. The number of benzene rings is 2. The molecule has 0 aliphatic heterocycles. The number of aryl methyl sites for hydroxylation is 1. The smallest absolute Gasteiger partial charge is 0.189 e. The van der Waals surface area contributed by atoms with Crippen LogP contribution in [-0.4, -0.2) is 20.2 Å². The van der Waals surface area contributed by atoms with Crippen LogP contribution in [0.1, 0.15) is 5.56 Å². The largest absolute Gasteiger partial charge is 0.397 e. The van der Waals surface area contributed by atoms with E-state index in [0.29, 0.717) is 22.1 Å². The van der Waals surface area contributed by atoms with E-state index in [0.717, 1.165) is 15.7 Å². The van der Waals surface area contributed by atoms with Crippen molar-refractivity contribution in [1.82, 2.24) is 20.2 Å². The van der Waals surface area contributed by atoms with Gasteiger partial charge in [-0.2, -0.15) is 4.68 Å². The lowest BCUT2D eigenvalue weighted by Gasteiger charge is -2.09. The summed E-state index contributed by atoms with van der Waals surface area (Å²) in [5, 5.41) is 12.3. The summed E-state index contributed by atoms with van der Waals surface area (Å²) in [7, 11) is 0. The fourth-order valence-electron chi connectivity index (χ4n) is 1.97. The molecule has 1 heterocycles. The van der Waals surface area contributed by atoms with Crippen LogP contribution in [0, 0.1) is 6.92 Å². The third-order valence-electron chi connectivity index (χ3n) is 3.16. The lowest BCUT2D eigenvalue weighted by atomic mass is 10.1. The molecule has 21 heavy (non-hydrogen) atoms. The maximum absolute atomic E-state index is 6.06. The van der Waals surface area contributed by atoms with E-state index in [1.54, 1.807) is 10.7 Å². The van der Waals surface area contributed by atoms with Crippen LogP contribution in [0.2, 0.25) is 5.02 Å². The molecule has 3 rings (SSSR count). The van der Waals surface area contributed by atoms with Gasteiger partial charge in [0.15, 0.2) is 5.82 Å². The molecule has 7 heteroatoms. The highest BCUT2D eigenvalue weighted by Gasteiger charge is 2.15. The average molecular weight is 365 g/mol. The summed E-state index contributed by atoms with van der Waals surface area (Å²) in [6.45, 7) is 2.02. The zero-order valence-electron chi connectivity index (χ0n) is 11.1. The molecule has 0 aliphatic carbocycles. The van der Waals surface area contributed by atoms with Crippen molar-refractivity contribution in [3.63, 3.8) is 0 Å². The van der Waals surface area contributed by atoms with Gasteiger partial charge in [0, 0.05) is 10.0 Å². The van der Waals surface area contributed by atoms with E-state index in [-0.39, 0.29) is 0 Å². The maximum Gasteiger partial charge on any atom is 0.189 e. The summed E-state index contributed by atoms with van der Waals surface area (Å²) in [6, 6.07) is 11.3. The van der Waals surface area contributed by atoms with E-state index in [2.05, 4.69) is 31.5 Å². The summed E-state index contributed by atoms with van der Waals surface area (Å²) in [5.41, 5.74) is 9.16. The molecule has 0 radical (unpaired) electrons. The summed E-state index contributed by atoms with van der Waals surface area (Å²) < 4.78 is 2.62. The van der Waals surface area contributed by atoms with Gasteiger partial charge in [0.25, 0.3) is 0 Å². The predicted molar refractivity (Wildman–Crippen MR) is 86.4 cm³/mol. The Morgan fingerprint density at radius 1 is 1.24 bits per heavy atom. The number of halogens is 2. The number of hydrogen-bond acceptors (Lipinski definition) is 4. The molecule has 106 valence electrons. The van der Waals surface area contributed by atoms with Crippen molar-refractivity contribution < 1.29 is 0 Å². The number of para-hydroxylation sites is 1. The minimum absolute atomic E-state index is 0.460. The molecule has 0 saturated heterocycles. The Labute approximate surface area is 134 Å². The van der Waals surface area contributed by atoms with Gasteiger partial charge in [-0.1, -0.05) is 39.7 Å². The lowest BCUT2D eigenvalue weighted by Crippen LogP contribution is -2.02. The van der Waals surface area contributed by atoms with E-state index in [9.17, 15) is 0 Å². The molecule has 2 N–H and O–H groups in total. The molecule has 0 saturated carbocycles. The minimum Gasteiger partial charge on any atom is -0.397 e. The third kappa shape index (κ3) is 2.52. The van der Waals surface area contributed by atoms with Gasteiger partial charge in [0.1, 0.15) is 0 Å². The molecule has 0 aliphatic rings. The van der Waals surface area contributed by atoms with Crippen molar-refractivity contribution in [3.8, 4) is 17.1 Å². The molecule has 0 fully saturated rings. The first-order valence-corrected chi connectivity index (χ1v) is 7.34. The fourth-order valence-corrected chi connectivity index (χ4v) is 2.52. The molecule has 0 unspecified atom stereocenters. The van der Waals surface area contributed by atoms with Gasteiger partial charge in [-0.25, -0.2) is 0 Å². The molecule has 2 aromatic carbocycles. The average Bonchev–Trinajstić information content (AvgIpc) is 2.94. The predicted octanol–water partition coefficient (Wildman–Crippen LogP) is 3.64. The van der Waals surface area contributed by atoms with Gasteiger partial charge in [-0.05, 0) is 47.2 Å². The number of anilines is 1. The van der Waals surface area contributed by atoms with Crippen LogP contribution in [-0.2, 0) is 0 Å². The summed E-state index contributed by atoms with van der Waals surface area (Å²) in [6.07, 6.45) is 0. The number of hydrogen-bond donors (Lipinski definition) is 1. The highest BCUT2D eigenvalue weighted by molar-refractivity contribution is 9.10. The topological polar surface area (TPSA) is 69.6 Å². The van der Waals surface area contributed by atoms with Crippen LogP contribution < -0.4 is 5.73 Å². The van der Waals surface area contributed by atoms with E-state index >= 15 is 0 Å². The van der Waals surface area contributed by atoms with Crippen LogP contribution in [0.3, 0.4) is 0 Å².